The Morgan fingerprint density at radius 3 is 2.76 bits per heavy atom. The summed E-state index contributed by atoms with van der Waals surface area (Å²) in [6.07, 6.45) is 6.76. The van der Waals surface area contributed by atoms with Crippen molar-refractivity contribution in [1.29, 1.82) is 0 Å². The highest BCUT2D eigenvalue weighted by atomic mass is 32.1. The van der Waals surface area contributed by atoms with Crippen LogP contribution in [0.2, 0.25) is 0 Å². The third-order valence-corrected chi connectivity index (χ3v) is 10.7. The van der Waals surface area contributed by atoms with Crippen LogP contribution in [0.1, 0.15) is 37.7 Å². The van der Waals surface area contributed by atoms with E-state index in [4.69, 9.17) is 4.42 Å². The normalized spacial score (nSPS) is 15.4. The Labute approximate surface area is 285 Å². The average Bonchev–Trinajstić information content (AvgIpc) is 3.48. The van der Waals surface area contributed by atoms with Crippen molar-refractivity contribution in [3.63, 3.8) is 0 Å². The number of aromatic nitrogens is 2. The largest absolute Gasteiger partial charge is 0.451 e. The standard InChI is InChI=1S/C36H40FN7O4S/c1-21(38-12-5-6-14-41(2)3)25-20-43-29-19-32-28(40-27-10-9-23(44(46)47)16-31(27)49-32)18-30(29)48-36-33(26(37)17-24(34(36)43)35(25)45)39-13-11-22-8-7-15-42(22)4/h9-10,16-20,22,38-40H,1,5-8,11-15H2,2-4H3. The zero-order valence-corrected chi connectivity index (χ0v) is 28.7. The highest BCUT2D eigenvalue weighted by molar-refractivity contribution is 7.24. The van der Waals surface area contributed by atoms with Gasteiger partial charge in [0.1, 0.15) is 11.2 Å². The number of hydrogen-bond acceptors (Lipinski definition) is 9. The van der Waals surface area contributed by atoms with Gasteiger partial charge < -0.3 is 34.2 Å². The molecule has 0 radical (unpaired) electrons. The maximum atomic E-state index is 16.1. The molecule has 1 aliphatic heterocycles. The minimum Gasteiger partial charge on any atom is -0.451 e. The van der Waals surface area contributed by atoms with Crippen molar-refractivity contribution in [3.05, 3.63) is 80.9 Å². The first-order valence-electron chi connectivity index (χ1n) is 16.6. The molecule has 0 amide bonds. The fraction of sp³-hybridized carbons (Fsp3) is 0.361. The van der Waals surface area contributed by atoms with Gasteiger partial charge in [0.25, 0.3) is 5.69 Å². The van der Waals surface area contributed by atoms with Gasteiger partial charge in [-0.15, -0.1) is 11.3 Å². The summed E-state index contributed by atoms with van der Waals surface area (Å²) in [6, 6.07) is 10.2. The van der Waals surface area contributed by atoms with Gasteiger partial charge in [-0.25, -0.2) is 4.39 Å². The minimum atomic E-state index is -0.559. The Balaban J connectivity index is 1.39. The molecule has 3 aromatic heterocycles. The van der Waals surface area contributed by atoms with Crippen molar-refractivity contribution in [2.45, 2.75) is 38.1 Å². The van der Waals surface area contributed by atoms with E-state index in [1.165, 1.54) is 23.5 Å². The predicted molar refractivity (Wildman–Crippen MR) is 197 cm³/mol. The number of anilines is 1. The SMILES string of the molecule is C=C(NCCCCN(C)C)c1cn2c3cc4sc5cc([N+](=O)[O-])ccc5[nH]c4cc3oc3c(NCCC4CCCN4C)c(F)cc(c1=O)c32. The number of benzene rings is 3. The average molecular weight is 686 g/mol. The molecule has 1 unspecified atom stereocenters. The van der Waals surface area contributed by atoms with Crippen LogP contribution >= 0.6 is 11.3 Å². The fourth-order valence-electron chi connectivity index (χ4n) is 6.88. The topological polar surface area (TPSA) is 124 Å². The number of aromatic amines is 1. The van der Waals surface area contributed by atoms with Gasteiger partial charge in [-0.3, -0.25) is 14.9 Å². The van der Waals surface area contributed by atoms with E-state index in [0.717, 1.165) is 65.6 Å². The molecule has 49 heavy (non-hydrogen) atoms. The number of pyridine rings is 1. The van der Waals surface area contributed by atoms with Gasteiger partial charge in [0.15, 0.2) is 22.4 Å². The van der Waals surface area contributed by atoms with Gasteiger partial charge in [-0.1, -0.05) is 6.58 Å². The minimum absolute atomic E-state index is 0.00726. The lowest BCUT2D eigenvalue weighted by Crippen LogP contribution is -2.27. The number of rotatable bonds is 12. The van der Waals surface area contributed by atoms with Crippen LogP contribution in [-0.4, -0.2) is 77.5 Å². The molecule has 0 bridgehead atoms. The highest BCUT2D eigenvalue weighted by Gasteiger charge is 2.24. The smallest absolute Gasteiger partial charge is 0.270 e. The van der Waals surface area contributed by atoms with Crippen LogP contribution in [0.3, 0.4) is 0 Å². The molecule has 3 aromatic carbocycles. The lowest BCUT2D eigenvalue weighted by Gasteiger charge is -2.21. The number of nitrogens with one attached hydrogen (secondary N) is 3. The van der Waals surface area contributed by atoms with Crippen LogP contribution in [0, 0.1) is 15.9 Å². The van der Waals surface area contributed by atoms with Crippen molar-refractivity contribution >= 4 is 76.4 Å². The molecular formula is C36H40FN7O4S. The Hall–Kier alpha value is -4.72. The first-order valence-corrected chi connectivity index (χ1v) is 17.4. The number of nitro groups is 1. The van der Waals surface area contributed by atoms with E-state index in [1.807, 2.05) is 30.6 Å². The molecule has 0 saturated carbocycles. The summed E-state index contributed by atoms with van der Waals surface area (Å²) in [5.41, 5.74) is 4.05. The molecule has 13 heteroatoms. The molecule has 1 aliphatic rings. The van der Waals surface area contributed by atoms with Crippen molar-refractivity contribution in [2.75, 3.05) is 52.6 Å². The van der Waals surface area contributed by atoms with Crippen LogP contribution in [0.5, 0.6) is 0 Å². The van der Waals surface area contributed by atoms with E-state index < -0.39 is 10.7 Å². The molecule has 11 nitrogen and oxygen atoms in total. The number of fused-ring (bicyclic) bond motifs is 4. The molecule has 0 spiro atoms. The second kappa shape index (κ2) is 13.3. The summed E-state index contributed by atoms with van der Waals surface area (Å²) in [6.45, 7) is 7.40. The van der Waals surface area contributed by atoms with Gasteiger partial charge in [0, 0.05) is 49.2 Å². The van der Waals surface area contributed by atoms with Crippen LogP contribution in [0.15, 0.2) is 58.4 Å². The van der Waals surface area contributed by atoms with E-state index in [-0.39, 0.29) is 27.8 Å². The molecule has 3 N–H and O–H groups in total. The molecular weight excluding hydrogens is 646 g/mol. The lowest BCUT2D eigenvalue weighted by molar-refractivity contribution is -0.384. The summed E-state index contributed by atoms with van der Waals surface area (Å²) < 4.78 is 26.0. The number of hydrogen-bond donors (Lipinski definition) is 3. The van der Waals surface area contributed by atoms with Gasteiger partial charge in [0.05, 0.1) is 41.8 Å². The summed E-state index contributed by atoms with van der Waals surface area (Å²) in [4.78, 5) is 32.9. The molecule has 1 saturated heterocycles. The van der Waals surface area contributed by atoms with E-state index in [2.05, 4.69) is 39.0 Å². The Morgan fingerprint density at radius 2 is 2.00 bits per heavy atom. The van der Waals surface area contributed by atoms with E-state index in [9.17, 15) is 14.9 Å². The third kappa shape index (κ3) is 6.29. The van der Waals surface area contributed by atoms with E-state index >= 15 is 4.39 Å². The van der Waals surface area contributed by atoms with Gasteiger partial charge in [0.2, 0.25) is 0 Å². The molecule has 0 aliphatic carbocycles. The zero-order valence-electron chi connectivity index (χ0n) is 27.9. The first kappa shape index (κ1) is 32.8. The molecule has 1 atom stereocenters. The molecule has 7 rings (SSSR count). The van der Waals surface area contributed by atoms with Crippen LogP contribution in [-0.2, 0) is 0 Å². The zero-order chi connectivity index (χ0) is 34.4. The molecule has 1 fully saturated rings. The maximum Gasteiger partial charge on any atom is 0.270 e. The number of H-pyrrole nitrogens is 1. The molecule has 6 aromatic rings. The van der Waals surface area contributed by atoms with Gasteiger partial charge in [-0.05, 0) is 84.5 Å². The Kier molecular flexibility index (Phi) is 8.90. The third-order valence-electron chi connectivity index (χ3n) is 9.54. The summed E-state index contributed by atoms with van der Waals surface area (Å²) in [5, 5.41) is 18.3. The van der Waals surface area contributed by atoms with E-state index in [1.54, 1.807) is 18.3 Å². The lowest BCUT2D eigenvalue weighted by atomic mass is 10.1. The number of unbranched alkanes of at least 4 members (excludes halogenated alkanes) is 1. The van der Waals surface area contributed by atoms with Crippen molar-refractivity contribution in [2.24, 2.45) is 0 Å². The molecule has 256 valence electrons. The maximum absolute atomic E-state index is 16.1. The number of likely N-dealkylation sites (tertiary alicyclic amines) is 1. The molecule has 4 heterocycles. The van der Waals surface area contributed by atoms with E-state index in [0.29, 0.717) is 47.0 Å². The van der Waals surface area contributed by atoms with Gasteiger partial charge in [-0.2, -0.15) is 0 Å². The predicted octanol–water partition coefficient (Wildman–Crippen LogP) is 7.30. The van der Waals surface area contributed by atoms with Crippen LogP contribution in [0.4, 0.5) is 15.8 Å². The Bertz CT molecular complexity index is 2340. The summed E-state index contributed by atoms with van der Waals surface area (Å²) >= 11 is 1.41. The number of nitro benzene ring substituents is 1. The summed E-state index contributed by atoms with van der Waals surface area (Å²) in [7, 11) is 6.19. The first-order chi connectivity index (χ1) is 23.6. The number of nitrogens with zero attached hydrogens (tertiary/aromatic N) is 4. The number of halogens is 1. The number of non-ortho nitro benzene ring substituents is 1. The van der Waals surface area contributed by atoms with Crippen LogP contribution < -0.4 is 16.1 Å². The highest BCUT2D eigenvalue weighted by Crippen LogP contribution is 2.37. The second-order valence-corrected chi connectivity index (χ2v) is 14.3. The van der Waals surface area contributed by atoms with Crippen molar-refractivity contribution in [3.8, 4) is 0 Å². The summed E-state index contributed by atoms with van der Waals surface area (Å²) in [5.74, 6) is -0.559. The van der Waals surface area contributed by atoms with Crippen molar-refractivity contribution in [1.82, 2.24) is 24.5 Å². The van der Waals surface area contributed by atoms with Gasteiger partial charge >= 0.3 is 0 Å². The fourth-order valence-corrected chi connectivity index (χ4v) is 7.91. The Morgan fingerprint density at radius 1 is 1.18 bits per heavy atom. The quantitative estimate of drug-likeness (QED) is 0.0403. The monoisotopic (exact) mass is 685 g/mol. The second-order valence-electron chi connectivity index (χ2n) is 13.2. The van der Waals surface area contributed by atoms with Crippen LogP contribution in [0.25, 0.3) is 53.7 Å². The van der Waals surface area contributed by atoms with Crippen molar-refractivity contribution < 1.29 is 13.7 Å².